The first kappa shape index (κ1) is 20.2. The summed E-state index contributed by atoms with van der Waals surface area (Å²) in [6, 6.07) is 15.5. The zero-order valence-electron chi connectivity index (χ0n) is 17.3. The molecule has 4 rings (SSSR count). The molecule has 0 saturated heterocycles. The summed E-state index contributed by atoms with van der Waals surface area (Å²) >= 11 is 0. The van der Waals surface area contributed by atoms with Crippen LogP contribution in [0.2, 0.25) is 0 Å². The van der Waals surface area contributed by atoms with E-state index in [4.69, 9.17) is 14.0 Å². The normalized spacial score (nSPS) is 10.8. The standard InChI is InChI=1S/C23H21N3O5/c1-14-8-9-18(25-23(28)17-6-4-5-7-19(17)29-3)20(10-14)30-13-16-12-22(27)26-21(24-16)11-15(2)31-26/h4-12H,13H2,1-3H3,(H,25,28). The number of aromatic nitrogens is 2. The summed E-state index contributed by atoms with van der Waals surface area (Å²) in [7, 11) is 1.51. The molecule has 0 aliphatic carbocycles. The second kappa shape index (κ2) is 8.35. The van der Waals surface area contributed by atoms with E-state index < -0.39 is 0 Å². The number of nitrogens with zero attached hydrogens (tertiary/aromatic N) is 2. The van der Waals surface area contributed by atoms with Crippen LogP contribution in [-0.2, 0) is 6.61 Å². The van der Waals surface area contributed by atoms with Gasteiger partial charge in [0, 0.05) is 12.1 Å². The zero-order valence-corrected chi connectivity index (χ0v) is 17.3. The summed E-state index contributed by atoms with van der Waals surface area (Å²) in [5.74, 6) is 1.21. The van der Waals surface area contributed by atoms with Crippen molar-refractivity contribution in [3.8, 4) is 11.5 Å². The number of ether oxygens (including phenoxy) is 2. The third-order valence-electron chi connectivity index (χ3n) is 4.64. The highest BCUT2D eigenvalue weighted by atomic mass is 16.5. The molecule has 0 spiro atoms. The van der Waals surface area contributed by atoms with Gasteiger partial charge in [0.1, 0.15) is 23.9 Å². The van der Waals surface area contributed by atoms with Gasteiger partial charge in [-0.25, -0.2) is 4.98 Å². The van der Waals surface area contributed by atoms with Crippen molar-refractivity contribution in [3.63, 3.8) is 0 Å². The lowest BCUT2D eigenvalue weighted by molar-refractivity contribution is 0.102. The number of nitrogens with one attached hydrogen (secondary N) is 1. The first-order chi connectivity index (χ1) is 14.9. The molecule has 0 saturated carbocycles. The van der Waals surface area contributed by atoms with Crippen LogP contribution in [0.15, 0.2) is 63.9 Å². The van der Waals surface area contributed by atoms with Crippen LogP contribution in [-0.4, -0.2) is 22.6 Å². The van der Waals surface area contributed by atoms with Crippen LogP contribution in [0, 0.1) is 13.8 Å². The smallest absolute Gasteiger partial charge is 0.287 e. The molecule has 2 heterocycles. The van der Waals surface area contributed by atoms with Crippen LogP contribution in [0.3, 0.4) is 0 Å². The van der Waals surface area contributed by atoms with E-state index in [1.165, 1.54) is 13.2 Å². The van der Waals surface area contributed by atoms with E-state index in [9.17, 15) is 9.59 Å². The highest BCUT2D eigenvalue weighted by Gasteiger charge is 2.15. The number of amides is 1. The number of hydrogen-bond acceptors (Lipinski definition) is 6. The Balaban J connectivity index is 1.57. The Bertz CT molecular complexity index is 1320. The molecule has 1 N–H and O–H groups in total. The highest BCUT2D eigenvalue weighted by Crippen LogP contribution is 2.28. The summed E-state index contributed by atoms with van der Waals surface area (Å²) in [6.45, 7) is 3.72. The fourth-order valence-corrected chi connectivity index (χ4v) is 3.17. The van der Waals surface area contributed by atoms with Crippen molar-refractivity contribution in [2.24, 2.45) is 0 Å². The van der Waals surface area contributed by atoms with Crippen molar-refractivity contribution in [2.45, 2.75) is 20.5 Å². The molecule has 2 aromatic heterocycles. The van der Waals surface area contributed by atoms with Gasteiger partial charge in [0.15, 0.2) is 5.65 Å². The number of anilines is 1. The SMILES string of the molecule is COc1ccccc1C(=O)Nc1ccc(C)cc1OCc1cc(=O)n2oc(C)cc2n1. The first-order valence-electron chi connectivity index (χ1n) is 9.62. The van der Waals surface area contributed by atoms with Gasteiger partial charge in [-0.05, 0) is 43.7 Å². The second-order valence-corrected chi connectivity index (χ2v) is 7.03. The molecule has 0 radical (unpaired) electrons. The van der Waals surface area contributed by atoms with Gasteiger partial charge in [0.25, 0.3) is 11.5 Å². The van der Waals surface area contributed by atoms with Gasteiger partial charge < -0.3 is 19.3 Å². The van der Waals surface area contributed by atoms with Crippen LogP contribution in [0.4, 0.5) is 5.69 Å². The van der Waals surface area contributed by atoms with E-state index in [0.29, 0.717) is 39.9 Å². The Morgan fingerprint density at radius 1 is 1.10 bits per heavy atom. The Morgan fingerprint density at radius 3 is 2.71 bits per heavy atom. The van der Waals surface area contributed by atoms with Gasteiger partial charge in [-0.15, -0.1) is 4.57 Å². The number of methoxy groups -OCH3 is 1. The quantitative estimate of drug-likeness (QED) is 0.512. The Hall–Kier alpha value is -4.07. The first-order valence-corrected chi connectivity index (χ1v) is 9.62. The topological polar surface area (TPSA) is 95.1 Å². The number of fused-ring (bicyclic) bond motifs is 1. The van der Waals surface area contributed by atoms with Crippen molar-refractivity contribution in [3.05, 3.63) is 87.5 Å². The predicted molar refractivity (Wildman–Crippen MR) is 115 cm³/mol. The molecule has 0 unspecified atom stereocenters. The Labute approximate surface area is 178 Å². The Kier molecular flexibility index (Phi) is 5.44. The van der Waals surface area contributed by atoms with Gasteiger partial charge in [-0.3, -0.25) is 9.59 Å². The molecular weight excluding hydrogens is 398 g/mol. The molecule has 0 atom stereocenters. The minimum absolute atomic E-state index is 0.0525. The molecule has 8 heteroatoms. The maximum Gasteiger partial charge on any atom is 0.287 e. The fourth-order valence-electron chi connectivity index (χ4n) is 3.17. The van der Waals surface area contributed by atoms with Crippen LogP contribution < -0.4 is 20.3 Å². The minimum atomic E-state index is -0.328. The van der Waals surface area contributed by atoms with Crippen molar-refractivity contribution >= 4 is 17.2 Å². The second-order valence-electron chi connectivity index (χ2n) is 7.03. The molecular formula is C23H21N3O5. The van der Waals surface area contributed by atoms with E-state index in [0.717, 1.165) is 10.1 Å². The number of hydrogen-bond donors (Lipinski definition) is 1. The molecule has 158 valence electrons. The van der Waals surface area contributed by atoms with Crippen LogP contribution >= 0.6 is 0 Å². The van der Waals surface area contributed by atoms with E-state index in [1.807, 2.05) is 19.1 Å². The van der Waals surface area contributed by atoms with E-state index in [1.54, 1.807) is 43.3 Å². The number of para-hydroxylation sites is 1. The molecule has 0 aliphatic rings. The predicted octanol–water partition coefficient (Wildman–Crippen LogP) is 3.74. The number of carbonyl (C=O) groups is 1. The van der Waals surface area contributed by atoms with Crippen molar-refractivity contribution in [1.29, 1.82) is 0 Å². The number of rotatable bonds is 6. The van der Waals surface area contributed by atoms with Crippen molar-refractivity contribution in [1.82, 2.24) is 9.56 Å². The molecule has 0 aliphatic heterocycles. The maximum atomic E-state index is 12.8. The van der Waals surface area contributed by atoms with E-state index in [2.05, 4.69) is 10.3 Å². The fraction of sp³-hybridized carbons (Fsp3) is 0.174. The third kappa shape index (κ3) is 4.28. The lowest BCUT2D eigenvalue weighted by Gasteiger charge is -2.14. The molecule has 0 bridgehead atoms. The van der Waals surface area contributed by atoms with E-state index in [-0.39, 0.29) is 18.1 Å². The van der Waals surface area contributed by atoms with Gasteiger partial charge in [-0.2, -0.15) is 0 Å². The van der Waals surface area contributed by atoms with Gasteiger partial charge in [-0.1, -0.05) is 18.2 Å². The van der Waals surface area contributed by atoms with Crippen molar-refractivity contribution < 1.29 is 18.8 Å². The number of aryl methyl sites for hydroxylation is 2. The van der Waals surface area contributed by atoms with Crippen LogP contribution in [0.5, 0.6) is 11.5 Å². The third-order valence-corrected chi connectivity index (χ3v) is 4.64. The van der Waals surface area contributed by atoms with Crippen molar-refractivity contribution in [2.75, 3.05) is 12.4 Å². The largest absolute Gasteiger partial charge is 0.496 e. The zero-order chi connectivity index (χ0) is 22.0. The summed E-state index contributed by atoms with van der Waals surface area (Å²) in [5.41, 5.74) is 2.40. The molecule has 2 aromatic carbocycles. The lowest BCUT2D eigenvalue weighted by atomic mass is 10.1. The summed E-state index contributed by atoms with van der Waals surface area (Å²) in [5, 5.41) is 2.86. The lowest BCUT2D eigenvalue weighted by Crippen LogP contribution is -2.16. The highest BCUT2D eigenvalue weighted by molar-refractivity contribution is 6.06. The number of carbonyl (C=O) groups excluding carboxylic acids is 1. The van der Waals surface area contributed by atoms with Gasteiger partial charge in [0.2, 0.25) is 0 Å². The van der Waals surface area contributed by atoms with E-state index >= 15 is 0 Å². The molecule has 1 amide bonds. The summed E-state index contributed by atoms with van der Waals surface area (Å²) in [6.07, 6.45) is 0. The van der Waals surface area contributed by atoms with Gasteiger partial charge in [0.05, 0.1) is 24.1 Å². The van der Waals surface area contributed by atoms with Crippen LogP contribution in [0.1, 0.15) is 27.4 Å². The number of benzene rings is 2. The molecule has 0 fully saturated rings. The molecule has 4 aromatic rings. The summed E-state index contributed by atoms with van der Waals surface area (Å²) in [4.78, 5) is 29.4. The van der Waals surface area contributed by atoms with Gasteiger partial charge >= 0.3 is 0 Å². The minimum Gasteiger partial charge on any atom is -0.496 e. The van der Waals surface area contributed by atoms with Crippen LogP contribution in [0.25, 0.3) is 5.65 Å². The monoisotopic (exact) mass is 419 g/mol. The maximum absolute atomic E-state index is 12.8. The average molecular weight is 419 g/mol. The molecule has 8 nitrogen and oxygen atoms in total. The Morgan fingerprint density at radius 2 is 1.90 bits per heavy atom. The summed E-state index contributed by atoms with van der Waals surface area (Å²) < 4.78 is 17.6. The average Bonchev–Trinajstić information content (AvgIpc) is 3.14. The molecule has 31 heavy (non-hydrogen) atoms.